The van der Waals surface area contributed by atoms with E-state index in [9.17, 15) is 19.4 Å². The minimum absolute atomic E-state index is 0.114. The molecule has 0 saturated carbocycles. The van der Waals surface area contributed by atoms with E-state index < -0.39 is 19.3 Å². The number of aryl methyl sites for hydroxylation is 1. The predicted octanol–water partition coefficient (Wildman–Crippen LogP) is 4.24. The summed E-state index contributed by atoms with van der Waals surface area (Å²) in [6.07, 6.45) is 3.02. The summed E-state index contributed by atoms with van der Waals surface area (Å²) in [5.74, 6) is -2.03. The molecule has 6 heteroatoms. The number of rotatable bonds is 8. The van der Waals surface area contributed by atoms with Gasteiger partial charge in [-0.3, -0.25) is 9.36 Å². The van der Waals surface area contributed by atoms with Crippen molar-refractivity contribution in [2.75, 3.05) is 12.3 Å². The molecule has 0 radical (unpaired) electrons. The number of H-pyrrole nitrogens is 1. The van der Waals surface area contributed by atoms with Crippen molar-refractivity contribution in [3.05, 3.63) is 71.9 Å². The molecule has 3 aromatic rings. The lowest BCUT2D eigenvalue weighted by Crippen LogP contribution is -2.17. The predicted molar refractivity (Wildman–Crippen MR) is 103 cm³/mol. The summed E-state index contributed by atoms with van der Waals surface area (Å²) in [7, 11) is -3.54. The Morgan fingerprint density at radius 3 is 2.50 bits per heavy atom. The van der Waals surface area contributed by atoms with Gasteiger partial charge in [0.1, 0.15) is 0 Å². The Balaban J connectivity index is 1.63. The minimum atomic E-state index is -3.54. The van der Waals surface area contributed by atoms with Gasteiger partial charge in [-0.2, -0.15) is 0 Å². The van der Waals surface area contributed by atoms with Gasteiger partial charge in [0.25, 0.3) is 0 Å². The van der Waals surface area contributed by atoms with E-state index in [0.29, 0.717) is 18.4 Å². The van der Waals surface area contributed by atoms with Crippen LogP contribution in [0.1, 0.15) is 23.5 Å². The van der Waals surface area contributed by atoms with E-state index in [1.807, 2.05) is 30.5 Å². The summed E-state index contributed by atoms with van der Waals surface area (Å²) in [4.78, 5) is 25.1. The third-order valence-corrected chi connectivity index (χ3v) is 6.55. The highest BCUT2D eigenvalue weighted by molar-refractivity contribution is 7.58. The van der Waals surface area contributed by atoms with E-state index in [1.165, 1.54) is 0 Å². The third-order valence-electron chi connectivity index (χ3n) is 4.60. The molecule has 3 N–H and O–H groups in total. The van der Waals surface area contributed by atoms with Gasteiger partial charge >= 0.3 is 5.97 Å². The molecular weight excluding hydrogens is 349 g/mol. The van der Waals surface area contributed by atoms with E-state index in [0.717, 1.165) is 16.5 Å². The van der Waals surface area contributed by atoms with Crippen LogP contribution in [-0.2, 0) is 15.8 Å². The number of para-hydroxylation sites is 1. The highest BCUT2D eigenvalue weighted by atomic mass is 31.2. The molecule has 2 atom stereocenters. The highest BCUT2D eigenvalue weighted by Gasteiger charge is 2.29. The van der Waals surface area contributed by atoms with E-state index in [-0.39, 0.29) is 12.3 Å². The molecule has 1 aromatic heterocycles. The highest BCUT2D eigenvalue weighted by Crippen LogP contribution is 2.45. The number of benzene rings is 2. The Labute approximate surface area is 152 Å². The zero-order valence-corrected chi connectivity index (χ0v) is 15.2. The quantitative estimate of drug-likeness (QED) is 0.517. The van der Waals surface area contributed by atoms with Crippen LogP contribution in [0.25, 0.3) is 10.9 Å². The lowest BCUT2D eigenvalue weighted by molar-refractivity contribution is -0.138. The van der Waals surface area contributed by atoms with Crippen molar-refractivity contribution in [3.63, 3.8) is 0 Å². The van der Waals surface area contributed by atoms with Gasteiger partial charge in [-0.25, -0.2) is 0 Å². The van der Waals surface area contributed by atoms with Crippen LogP contribution in [0.4, 0.5) is 0 Å². The standard InChI is InChI=1S/C20H22NO4P/c22-20(23)18(15-7-2-1-3-8-15)14-26(24,25)12-6-9-16-13-21-19-11-5-4-10-17(16)19/h1-5,7-8,10-11,13,18,21H,6,9,12,14H2,(H,22,23)(H,24,25). The fourth-order valence-corrected chi connectivity index (χ4v) is 5.02. The summed E-state index contributed by atoms with van der Waals surface area (Å²) in [5.41, 5.74) is 2.72. The molecule has 0 saturated heterocycles. The fourth-order valence-electron chi connectivity index (χ4n) is 3.24. The van der Waals surface area contributed by atoms with Gasteiger partial charge in [-0.15, -0.1) is 0 Å². The molecule has 2 unspecified atom stereocenters. The number of fused-ring (bicyclic) bond motifs is 1. The smallest absolute Gasteiger partial charge is 0.311 e. The molecule has 26 heavy (non-hydrogen) atoms. The molecule has 0 bridgehead atoms. The number of carboxylic acids is 1. The number of nitrogens with one attached hydrogen (secondary N) is 1. The van der Waals surface area contributed by atoms with Crippen molar-refractivity contribution in [1.82, 2.24) is 4.98 Å². The Morgan fingerprint density at radius 1 is 1.08 bits per heavy atom. The largest absolute Gasteiger partial charge is 0.481 e. The van der Waals surface area contributed by atoms with Crippen LogP contribution in [0.15, 0.2) is 60.8 Å². The van der Waals surface area contributed by atoms with Crippen LogP contribution in [0.5, 0.6) is 0 Å². The maximum atomic E-state index is 12.6. The molecule has 0 aliphatic carbocycles. The average molecular weight is 371 g/mol. The van der Waals surface area contributed by atoms with E-state index in [2.05, 4.69) is 4.98 Å². The number of hydrogen-bond acceptors (Lipinski definition) is 2. The first-order valence-electron chi connectivity index (χ1n) is 8.60. The number of carbonyl (C=O) groups is 1. The summed E-state index contributed by atoms with van der Waals surface area (Å²) >= 11 is 0. The van der Waals surface area contributed by atoms with Gasteiger partial charge in [-0.1, -0.05) is 48.5 Å². The van der Waals surface area contributed by atoms with Crippen LogP contribution in [-0.4, -0.2) is 33.3 Å². The molecule has 0 fully saturated rings. The lowest BCUT2D eigenvalue weighted by Gasteiger charge is -2.17. The molecule has 0 spiro atoms. The summed E-state index contributed by atoms with van der Waals surface area (Å²) < 4.78 is 12.6. The summed E-state index contributed by atoms with van der Waals surface area (Å²) in [6, 6.07) is 16.6. The Morgan fingerprint density at radius 2 is 1.77 bits per heavy atom. The van der Waals surface area contributed by atoms with Crippen molar-refractivity contribution in [2.45, 2.75) is 18.8 Å². The van der Waals surface area contributed by atoms with Gasteiger partial charge < -0.3 is 15.0 Å². The molecular formula is C20H22NO4P. The van der Waals surface area contributed by atoms with Crippen molar-refractivity contribution in [2.24, 2.45) is 0 Å². The molecule has 136 valence electrons. The molecule has 0 aliphatic rings. The summed E-state index contributed by atoms with van der Waals surface area (Å²) in [5, 5.41) is 10.6. The monoisotopic (exact) mass is 371 g/mol. The maximum Gasteiger partial charge on any atom is 0.311 e. The zero-order valence-electron chi connectivity index (χ0n) is 14.3. The number of aromatic amines is 1. The first kappa shape index (κ1) is 18.4. The molecule has 1 heterocycles. The summed E-state index contributed by atoms with van der Waals surface area (Å²) in [6.45, 7) is 0. The van der Waals surface area contributed by atoms with Gasteiger partial charge in [0.2, 0.25) is 7.37 Å². The number of aromatic nitrogens is 1. The molecule has 2 aromatic carbocycles. The second kappa shape index (κ2) is 7.90. The fraction of sp³-hybridized carbons (Fsp3) is 0.250. The van der Waals surface area contributed by atoms with E-state index in [1.54, 1.807) is 30.3 Å². The molecule has 5 nitrogen and oxygen atoms in total. The lowest BCUT2D eigenvalue weighted by atomic mass is 10.0. The Kier molecular flexibility index (Phi) is 5.60. The van der Waals surface area contributed by atoms with E-state index >= 15 is 0 Å². The molecule has 0 aliphatic heterocycles. The minimum Gasteiger partial charge on any atom is -0.481 e. The normalized spacial score (nSPS) is 14.8. The number of carboxylic acid groups (broad SMARTS) is 1. The van der Waals surface area contributed by atoms with Gasteiger partial charge in [0.05, 0.1) is 5.92 Å². The second-order valence-corrected chi connectivity index (χ2v) is 9.02. The van der Waals surface area contributed by atoms with E-state index in [4.69, 9.17) is 0 Å². The van der Waals surface area contributed by atoms with Gasteiger partial charge in [-0.05, 0) is 30.0 Å². The zero-order chi connectivity index (χ0) is 18.6. The van der Waals surface area contributed by atoms with Crippen molar-refractivity contribution in [3.8, 4) is 0 Å². The van der Waals surface area contributed by atoms with Crippen LogP contribution in [0, 0.1) is 0 Å². The maximum absolute atomic E-state index is 12.6. The molecule has 0 amide bonds. The van der Waals surface area contributed by atoms with Crippen LogP contribution in [0.3, 0.4) is 0 Å². The first-order chi connectivity index (χ1) is 12.5. The van der Waals surface area contributed by atoms with Crippen LogP contribution < -0.4 is 0 Å². The number of hydrogen-bond donors (Lipinski definition) is 3. The third kappa shape index (κ3) is 4.43. The number of aliphatic carboxylic acids is 1. The van der Waals surface area contributed by atoms with Gasteiger partial charge in [0, 0.05) is 29.4 Å². The van der Waals surface area contributed by atoms with Crippen LogP contribution >= 0.6 is 7.37 Å². The van der Waals surface area contributed by atoms with Crippen molar-refractivity contribution < 1.29 is 19.4 Å². The SMILES string of the molecule is O=C(O)C(CP(=O)(O)CCCc1c[nH]c2ccccc12)c1ccccc1. The Bertz CT molecular complexity index is 935. The average Bonchev–Trinajstić information content (AvgIpc) is 3.03. The molecule has 3 rings (SSSR count). The second-order valence-electron chi connectivity index (χ2n) is 6.52. The topological polar surface area (TPSA) is 90.4 Å². The van der Waals surface area contributed by atoms with Gasteiger partial charge in [0.15, 0.2) is 0 Å². The Hall–Kier alpha value is -2.36. The van der Waals surface area contributed by atoms with Crippen molar-refractivity contribution >= 4 is 24.2 Å². The van der Waals surface area contributed by atoms with Crippen LogP contribution in [0.2, 0.25) is 0 Å². The van der Waals surface area contributed by atoms with Crippen molar-refractivity contribution in [1.29, 1.82) is 0 Å². The first-order valence-corrected chi connectivity index (χ1v) is 10.6.